The topological polar surface area (TPSA) is 152 Å². The van der Waals surface area contributed by atoms with Crippen molar-refractivity contribution >= 4 is 11.9 Å². The summed E-state index contributed by atoms with van der Waals surface area (Å²) in [6.45, 7) is 3.36. The van der Waals surface area contributed by atoms with Crippen LogP contribution < -0.4 is 0 Å². The highest BCUT2D eigenvalue weighted by Crippen LogP contribution is 2.22. The van der Waals surface area contributed by atoms with Crippen LogP contribution in [0.25, 0.3) is 0 Å². The molecule has 0 amide bonds. The maximum atomic E-state index is 12.7. The van der Waals surface area contributed by atoms with Gasteiger partial charge < -0.3 is 39.4 Å². The molecule has 1 aliphatic rings. The van der Waals surface area contributed by atoms with Gasteiger partial charge in [-0.1, -0.05) is 117 Å². The minimum Gasteiger partial charge on any atom is -0.462 e. The SMILES string of the molecule is CCCCCCCC=C=CCCCCCCCC(=O)O[C@H](COC(=O)CCCCCCCCCCCC)CO[C@@H]1O[C@H](CO)[C@H](O)C(O)C1O. The molecule has 10 heteroatoms. The molecule has 1 aliphatic heterocycles. The second-order valence-electron chi connectivity index (χ2n) is 13.8. The predicted octanol–water partition coefficient (Wildman–Crippen LogP) is 7.37. The van der Waals surface area contributed by atoms with Crippen LogP contribution >= 0.6 is 0 Å². The van der Waals surface area contributed by atoms with Gasteiger partial charge in [-0.05, 0) is 50.7 Å². The predicted molar refractivity (Wildman–Crippen MR) is 195 cm³/mol. The van der Waals surface area contributed by atoms with Gasteiger partial charge in [0.25, 0.3) is 0 Å². The molecule has 1 saturated heterocycles. The molecule has 50 heavy (non-hydrogen) atoms. The van der Waals surface area contributed by atoms with E-state index >= 15 is 0 Å². The van der Waals surface area contributed by atoms with Crippen molar-refractivity contribution in [2.75, 3.05) is 19.8 Å². The summed E-state index contributed by atoms with van der Waals surface area (Å²) in [6.07, 6.45) is 21.4. The van der Waals surface area contributed by atoms with Crippen molar-refractivity contribution in [3.8, 4) is 0 Å². The Bertz CT molecular complexity index is 887. The van der Waals surface area contributed by atoms with Crippen LogP contribution in [0.3, 0.4) is 0 Å². The number of hydrogen-bond donors (Lipinski definition) is 4. The summed E-state index contributed by atoms with van der Waals surface area (Å²) in [7, 11) is 0. The van der Waals surface area contributed by atoms with Gasteiger partial charge in [-0.2, -0.15) is 0 Å². The molecular formula is C40H72O10. The zero-order valence-electron chi connectivity index (χ0n) is 31.4. The smallest absolute Gasteiger partial charge is 0.306 e. The van der Waals surface area contributed by atoms with Gasteiger partial charge in [0.1, 0.15) is 31.0 Å². The second-order valence-corrected chi connectivity index (χ2v) is 13.8. The van der Waals surface area contributed by atoms with Crippen molar-refractivity contribution in [1.29, 1.82) is 0 Å². The van der Waals surface area contributed by atoms with Crippen molar-refractivity contribution in [1.82, 2.24) is 0 Å². The molecule has 292 valence electrons. The molecule has 10 nitrogen and oxygen atoms in total. The highest BCUT2D eigenvalue weighted by Gasteiger charge is 2.44. The summed E-state index contributed by atoms with van der Waals surface area (Å²) in [5.41, 5.74) is 3.29. The van der Waals surface area contributed by atoms with Crippen LogP contribution in [0.4, 0.5) is 0 Å². The van der Waals surface area contributed by atoms with Crippen LogP contribution in [0.15, 0.2) is 17.9 Å². The Kier molecular flexibility index (Phi) is 29.5. The van der Waals surface area contributed by atoms with Gasteiger partial charge in [0, 0.05) is 12.8 Å². The fourth-order valence-electron chi connectivity index (χ4n) is 5.93. The van der Waals surface area contributed by atoms with Crippen LogP contribution in [0.1, 0.15) is 168 Å². The average molecular weight is 713 g/mol. The maximum absolute atomic E-state index is 12.7. The van der Waals surface area contributed by atoms with Crippen molar-refractivity contribution in [3.63, 3.8) is 0 Å². The zero-order chi connectivity index (χ0) is 36.7. The number of ether oxygens (including phenoxy) is 4. The van der Waals surface area contributed by atoms with E-state index in [-0.39, 0.29) is 32.0 Å². The monoisotopic (exact) mass is 713 g/mol. The normalized spacial score (nSPS) is 21.0. The van der Waals surface area contributed by atoms with E-state index in [1.807, 2.05) is 0 Å². The van der Waals surface area contributed by atoms with E-state index in [1.54, 1.807) is 0 Å². The molecule has 1 heterocycles. The summed E-state index contributed by atoms with van der Waals surface area (Å²) in [5, 5.41) is 39.9. The van der Waals surface area contributed by atoms with E-state index in [2.05, 4.69) is 31.7 Å². The molecule has 0 radical (unpaired) electrons. The molecule has 4 N–H and O–H groups in total. The van der Waals surface area contributed by atoms with E-state index in [1.165, 1.54) is 77.0 Å². The van der Waals surface area contributed by atoms with Crippen molar-refractivity contribution in [2.45, 2.75) is 205 Å². The Morgan fingerprint density at radius 3 is 1.64 bits per heavy atom. The number of rotatable bonds is 32. The van der Waals surface area contributed by atoms with E-state index in [0.29, 0.717) is 6.42 Å². The van der Waals surface area contributed by atoms with Crippen LogP contribution in [-0.2, 0) is 28.5 Å². The Morgan fingerprint density at radius 2 is 1.12 bits per heavy atom. The zero-order valence-corrected chi connectivity index (χ0v) is 31.4. The first kappa shape index (κ1) is 46.2. The number of carbonyl (C=O) groups is 2. The summed E-state index contributed by atoms with van der Waals surface area (Å²) in [4.78, 5) is 25.1. The van der Waals surface area contributed by atoms with Gasteiger partial charge >= 0.3 is 11.9 Å². The minimum atomic E-state index is -1.59. The van der Waals surface area contributed by atoms with Gasteiger partial charge in [0.15, 0.2) is 12.4 Å². The third-order valence-corrected chi connectivity index (χ3v) is 9.17. The van der Waals surface area contributed by atoms with Crippen LogP contribution in [0, 0.1) is 0 Å². The third-order valence-electron chi connectivity index (χ3n) is 9.17. The highest BCUT2D eigenvalue weighted by atomic mass is 16.7. The first-order valence-electron chi connectivity index (χ1n) is 20.0. The summed E-state index contributed by atoms with van der Waals surface area (Å²) in [5.74, 6) is -0.827. The van der Waals surface area contributed by atoms with Gasteiger partial charge in [0.05, 0.1) is 13.2 Å². The largest absolute Gasteiger partial charge is 0.462 e. The Hall–Kier alpha value is -1.78. The number of allylic oxidation sites excluding steroid dienone is 1. The molecule has 6 atom stereocenters. The molecule has 0 bridgehead atoms. The number of aliphatic hydroxyl groups is 4. The van der Waals surface area contributed by atoms with E-state index in [4.69, 9.17) is 18.9 Å². The molecule has 0 aliphatic carbocycles. The molecule has 0 aromatic rings. The van der Waals surface area contributed by atoms with Gasteiger partial charge in [-0.3, -0.25) is 9.59 Å². The van der Waals surface area contributed by atoms with E-state index in [9.17, 15) is 30.0 Å². The summed E-state index contributed by atoms with van der Waals surface area (Å²) in [6, 6.07) is 0. The highest BCUT2D eigenvalue weighted by molar-refractivity contribution is 5.70. The lowest BCUT2D eigenvalue weighted by molar-refractivity contribution is -0.305. The molecule has 1 fully saturated rings. The van der Waals surface area contributed by atoms with Gasteiger partial charge in [-0.25, -0.2) is 0 Å². The summed E-state index contributed by atoms with van der Waals surface area (Å²) < 4.78 is 22.0. The number of carbonyl (C=O) groups excluding carboxylic acids is 2. The fraction of sp³-hybridized carbons (Fsp3) is 0.875. The van der Waals surface area contributed by atoms with Crippen LogP contribution in [0.2, 0.25) is 0 Å². The first-order valence-corrected chi connectivity index (χ1v) is 20.0. The summed E-state index contributed by atoms with van der Waals surface area (Å²) >= 11 is 0. The molecule has 0 aromatic carbocycles. The molecule has 0 spiro atoms. The molecule has 2 unspecified atom stereocenters. The number of hydrogen-bond acceptors (Lipinski definition) is 10. The Balaban J connectivity index is 2.40. The number of esters is 2. The lowest BCUT2D eigenvalue weighted by atomic mass is 9.99. The maximum Gasteiger partial charge on any atom is 0.306 e. The van der Waals surface area contributed by atoms with Crippen molar-refractivity contribution in [2.24, 2.45) is 0 Å². The molecule has 1 rings (SSSR count). The minimum absolute atomic E-state index is 0.212. The number of aliphatic hydroxyl groups excluding tert-OH is 4. The standard InChI is InChI=1S/C40H72O10/c1-3-5-7-9-11-13-15-16-17-18-19-21-23-25-27-29-36(43)49-33(32-48-40-39(46)38(45)37(44)34(30-41)50-40)31-47-35(42)28-26-24-22-20-14-12-10-8-6-4-2/h15,17,33-34,37-41,44-46H,3-14,18-32H2,1-2H3/t16?,33-,34-,37+,38?,39?,40-/m1/s1. The third kappa shape index (κ3) is 23.6. The van der Waals surface area contributed by atoms with Gasteiger partial charge in [0.2, 0.25) is 0 Å². The molecule has 0 aromatic heterocycles. The Labute approximate surface area is 303 Å². The van der Waals surface area contributed by atoms with E-state index in [0.717, 1.165) is 57.8 Å². The first-order chi connectivity index (χ1) is 24.3. The average Bonchev–Trinajstić information content (AvgIpc) is 3.11. The van der Waals surface area contributed by atoms with E-state index < -0.39 is 49.4 Å². The van der Waals surface area contributed by atoms with Crippen molar-refractivity contribution in [3.05, 3.63) is 17.9 Å². The molecule has 0 saturated carbocycles. The van der Waals surface area contributed by atoms with Crippen molar-refractivity contribution < 1.29 is 49.0 Å². The quantitative estimate of drug-likeness (QED) is 0.0316. The van der Waals surface area contributed by atoms with Crippen LogP contribution in [0.5, 0.6) is 0 Å². The van der Waals surface area contributed by atoms with Gasteiger partial charge in [-0.15, -0.1) is 5.73 Å². The second kappa shape index (κ2) is 31.9. The Morgan fingerprint density at radius 1 is 0.640 bits per heavy atom. The van der Waals surface area contributed by atoms with Crippen LogP contribution in [-0.4, -0.2) is 89.0 Å². The fourth-order valence-corrected chi connectivity index (χ4v) is 5.93. The lowest BCUT2D eigenvalue weighted by Crippen LogP contribution is -2.59. The lowest BCUT2D eigenvalue weighted by Gasteiger charge is -2.39. The number of unbranched alkanes of at least 4 members (excludes halogenated alkanes) is 19. The molecular weight excluding hydrogens is 640 g/mol.